The number of rotatable bonds is 3. The normalized spacial score (nSPS) is 11.9. The number of nitrogen functional groups attached to an aromatic ring is 1. The highest BCUT2D eigenvalue weighted by atomic mass is 16.2. The molecule has 0 aliphatic rings. The van der Waals surface area contributed by atoms with E-state index in [-0.39, 0.29) is 17.4 Å². The van der Waals surface area contributed by atoms with Gasteiger partial charge in [-0.2, -0.15) is 0 Å². The minimum Gasteiger partial charge on any atom is -0.391 e. The van der Waals surface area contributed by atoms with Gasteiger partial charge in [0, 0.05) is 7.05 Å². The molecule has 0 saturated carbocycles. The Morgan fingerprint density at radius 1 is 1.67 bits per heavy atom. The molecule has 7 heteroatoms. The Hall–Kier alpha value is -2.05. The lowest BCUT2D eigenvalue weighted by molar-refractivity contribution is -0.121. The van der Waals surface area contributed by atoms with Crippen molar-refractivity contribution < 1.29 is 4.79 Å². The van der Waals surface area contributed by atoms with Crippen LogP contribution in [0.2, 0.25) is 0 Å². The van der Waals surface area contributed by atoms with Crippen LogP contribution in [0.5, 0.6) is 0 Å². The summed E-state index contributed by atoms with van der Waals surface area (Å²) in [6.07, 6.45) is 1.22. The zero-order valence-corrected chi connectivity index (χ0v) is 8.50. The van der Waals surface area contributed by atoms with Crippen LogP contribution in [0, 0.1) is 0 Å². The van der Waals surface area contributed by atoms with E-state index in [1.165, 1.54) is 13.4 Å². The van der Waals surface area contributed by atoms with E-state index in [1.54, 1.807) is 6.92 Å². The van der Waals surface area contributed by atoms with Crippen LogP contribution in [-0.2, 0) is 4.79 Å². The molecule has 15 heavy (non-hydrogen) atoms. The molecule has 0 saturated heterocycles. The summed E-state index contributed by atoms with van der Waals surface area (Å²) < 4.78 is 0. The molecule has 0 spiro atoms. The van der Waals surface area contributed by atoms with Crippen molar-refractivity contribution >= 4 is 17.4 Å². The molecule has 1 unspecified atom stereocenters. The summed E-state index contributed by atoms with van der Waals surface area (Å²) >= 11 is 0. The molecule has 0 fully saturated rings. The first kappa shape index (κ1) is 11.0. The zero-order chi connectivity index (χ0) is 11.4. The van der Waals surface area contributed by atoms with Gasteiger partial charge >= 0.3 is 0 Å². The summed E-state index contributed by atoms with van der Waals surface area (Å²) in [5.74, 6) is -0.00803. The van der Waals surface area contributed by atoms with E-state index in [0.29, 0.717) is 0 Å². The largest absolute Gasteiger partial charge is 0.391 e. The maximum Gasteiger partial charge on any atom is 0.276 e. The number of H-pyrrole nitrogens is 1. The van der Waals surface area contributed by atoms with Gasteiger partial charge in [-0.25, -0.2) is 4.98 Å². The van der Waals surface area contributed by atoms with Crippen LogP contribution in [0.1, 0.15) is 6.92 Å². The van der Waals surface area contributed by atoms with E-state index in [4.69, 9.17) is 5.73 Å². The van der Waals surface area contributed by atoms with Crippen LogP contribution >= 0.6 is 0 Å². The van der Waals surface area contributed by atoms with Crippen LogP contribution < -0.4 is 21.9 Å². The number of hydrogen-bond donors (Lipinski definition) is 4. The molecule has 5 N–H and O–H groups in total. The fourth-order valence-electron chi connectivity index (χ4n) is 1.01. The van der Waals surface area contributed by atoms with Gasteiger partial charge in [0.1, 0.15) is 11.7 Å². The Labute approximate surface area is 86.1 Å². The number of nitrogens with two attached hydrogens (primary N) is 1. The third-order valence-corrected chi connectivity index (χ3v) is 1.88. The lowest BCUT2D eigenvalue weighted by atomic mass is 10.3. The van der Waals surface area contributed by atoms with E-state index in [2.05, 4.69) is 20.6 Å². The molecule has 1 amide bonds. The summed E-state index contributed by atoms with van der Waals surface area (Å²) in [6, 6.07) is -0.508. The molecule has 1 heterocycles. The molecule has 0 bridgehead atoms. The van der Waals surface area contributed by atoms with Crippen LogP contribution in [0.3, 0.4) is 0 Å². The first-order valence-corrected chi connectivity index (χ1v) is 4.37. The average Bonchev–Trinajstić information content (AvgIpc) is 2.23. The predicted octanol–water partition coefficient (Wildman–Crippen LogP) is -1.10. The number of amides is 1. The number of hydrogen-bond acceptors (Lipinski definition) is 5. The van der Waals surface area contributed by atoms with E-state index in [9.17, 15) is 9.59 Å². The highest BCUT2D eigenvalue weighted by Crippen LogP contribution is 2.08. The smallest absolute Gasteiger partial charge is 0.276 e. The van der Waals surface area contributed by atoms with Gasteiger partial charge in [0.2, 0.25) is 5.91 Å². The van der Waals surface area contributed by atoms with Gasteiger partial charge in [-0.1, -0.05) is 0 Å². The molecule has 1 rings (SSSR count). The van der Waals surface area contributed by atoms with E-state index >= 15 is 0 Å². The number of carbonyl (C=O) groups excluding carboxylic acids is 1. The molecule has 1 atom stereocenters. The van der Waals surface area contributed by atoms with Crippen LogP contribution in [0.25, 0.3) is 0 Å². The van der Waals surface area contributed by atoms with E-state index < -0.39 is 11.6 Å². The Morgan fingerprint density at radius 3 is 2.93 bits per heavy atom. The number of aromatic nitrogens is 2. The Bertz CT molecular complexity index is 414. The van der Waals surface area contributed by atoms with Crippen molar-refractivity contribution in [1.82, 2.24) is 15.3 Å². The minimum atomic E-state index is -0.508. The number of nitrogens with one attached hydrogen (secondary N) is 3. The fourth-order valence-corrected chi connectivity index (χ4v) is 1.01. The summed E-state index contributed by atoms with van der Waals surface area (Å²) in [5, 5.41) is 5.20. The van der Waals surface area contributed by atoms with Crippen molar-refractivity contribution in [3.63, 3.8) is 0 Å². The monoisotopic (exact) mass is 211 g/mol. The molecule has 0 aliphatic carbocycles. The zero-order valence-electron chi connectivity index (χ0n) is 8.50. The predicted molar refractivity (Wildman–Crippen MR) is 56.4 cm³/mol. The molecule has 0 radical (unpaired) electrons. The average molecular weight is 211 g/mol. The second-order valence-electron chi connectivity index (χ2n) is 2.97. The molecule has 0 aliphatic heterocycles. The maximum atomic E-state index is 11.2. The molecule has 1 aromatic rings. The van der Waals surface area contributed by atoms with Gasteiger partial charge in [0.15, 0.2) is 5.82 Å². The number of aromatic amines is 1. The van der Waals surface area contributed by atoms with Crippen molar-refractivity contribution in [1.29, 1.82) is 0 Å². The first-order valence-electron chi connectivity index (χ1n) is 4.37. The van der Waals surface area contributed by atoms with Gasteiger partial charge in [-0.15, -0.1) is 0 Å². The highest BCUT2D eigenvalue weighted by molar-refractivity contribution is 5.84. The molecule has 82 valence electrons. The quantitative estimate of drug-likeness (QED) is 0.507. The number of likely N-dealkylation sites (N-methyl/N-ethyl adjacent to an activating group) is 1. The first-order chi connectivity index (χ1) is 7.06. The van der Waals surface area contributed by atoms with Crippen molar-refractivity contribution in [2.45, 2.75) is 13.0 Å². The summed E-state index contributed by atoms with van der Waals surface area (Å²) in [7, 11) is 1.52. The Morgan fingerprint density at radius 2 is 2.33 bits per heavy atom. The number of nitrogens with zero attached hydrogens (tertiary/aromatic N) is 1. The van der Waals surface area contributed by atoms with Crippen LogP contribution in [0.15, 0.2) is 11.1 Å². The standard InChI is InChI=1S/C8H13N5O2/c1-4(7(14)10-2)13-6-5(9)8(15)12-3-11-6/h3-4H,9H2,1-2H3,(H,10,14)(H2,11,12,13,15). The van der Waals surface area contributed by atoms with Gasteiger partial charge in [-0.3, -0.25) is 9.59 Å². The third kappa shape index (κ3) is 2.46. The fraction of sp³-hybridized carbons (Fsp3) is 0.375. The second kappa shape index (κ2) is 4.45. The van der Waals surface area contributed by atoms with Gasteiger partial charge < -0.3 is 21.4 Å². The van der Waals surface area contributed by atoms with Crippen molar-refractivity contribution in [2.24, 2.45) is 0 Å². The van der Waals surface area contributed by atoms with Crippen molar-refractivity contribution in [3.05, 3.63) is 16.7 Å². The highest BCUT2D eigenvalue weighted by Gasteiger charge is 2.13. The third-order valence-electron chi connectivity index (χ3n) is 1.88. The van der Waals surface area contributed by atoms with Crippen molar-refractivity contribution in [3.8, 4) is 0 Å². The second-order valence-corrected chi connectivity index (χ2v) is 2.97. The Balaban J connectivity index is 2.86. The lowest BCUT2D eigenvalue weighted by Gasteiger charge is -2.13. The topological polar surface area (TPSA) is 113 Å². The summed E-state index contributed by atoms with van der Waals surface area (Å²) in [5.41, 5.74) is 5.00. The molecule has 1 aromatic heterocycles. The Kier molecular flexibility index (Phi) is 3.27. The van der Waals surface area contributed by atoms with Gasteiger partial charge in [0.05, 0.1) is 6.33 Å². The van der Waals surface area contributed by atoms with Gasteiger partial charge in [-0.05, 0) is 6.92 Å². The molecular weight excluding hydrogens is 198 g/mol. The van der Waals surface area contributed by atoms with E-state index in [0.717, 1.165) is 0 Å². The summed E-state index contributed by atoms with van der Waals surface area (Å²) in [6.45, 7) is 1.64. The lowest BCUT2D eigenvalue weighted by Crippen LogP contribution is -2.36. The number of carbonyl (C=O) groups is 1. The molecule has 7 nitrogen and oxygen atoms in total. The van der Waals surface area contributed by atoms with Crippen LogP contribution in [0.4, 0.5) is 11.5 Å². The molecular formula is C8H13N5O2. The SMILES string of the molecule is CNC(=O)C(C)Nc1nc[nH]c(=O)c1N. The minimum absolute atomic E-state index is 0.0340. The van der Waals surface area contributed by atoms with Crippen molar-refractivity contribution in [2.75, 3.05) is 18.1 Å². The van der Waals surface area contributed by atoms with Crippen LogP contribution in [-0.4, -0.2) is 29.0 Å². The summed E-state index contributed by atoms with van der Waals surface area (Å²) in [4.78, 5) is 28.4. The number of anilines is 2. The van der Waals surface area contributed by atoms with E-state index in [1.807, 2.05) is 0 Å². The maximum absolute atomic E-state index is 11.2. The van der Waals surface area contributed by atoms with Gasteiger partial charge in [0.25, 0.3) is 5.56 Å². The molecule has 0 aromatic carbocycles.